The summed E-state index contributed by atoms with van der Waals surface area (Å²) in [5.74, 6) is -0.696. The Morgan fingerprint density at radius 3 is 2.38 bits per heavy atom. The first-order chi connectivity index (χ1) is 12.3. The normalized spacial score (nSPS) is 16.7. The van der Waals surface area contributed by atoms with E-state index in [9.17, 15) is 18.0 Å². The molecule has 0 spiro atoms. The van der Waals surface area contributed by atoms with Crippen molar-refractivity contribution in [2.45, 2.75) is 31.2 Å². The average molecular weight is 383 g/mol. The van der Waals surface area contributed by atoms with E-state index in [0.29, 0.717) is 31.9 Å². The molecule has 2 N–H and O–H groups in total. The van der Waals surface area contributed by atoms with Crippen LogP contribution in [0.3, 0.4) is 0 Å². The van der Waals surface area contributed by atoms with Crippen LogP contribution in [0.15, 0.2) is 29.2 Å². The summed E-state index contributed by atoms with van der Waals surface area (Å²) < 4.78 is 31.6. The number of morpholine rings is 1. The van der Waals surface area contributed by atoms with Gasteiger partial charge in [0.05, 0.1) is 24.7 Å². The Labute approximate surface area is 153 Å². The summed E-state index contributed by atoms with van der Waals surface area (Å²) in [6.45, 7) is 5.09. The highest BCUT2D eigenvalue weighted by molar-refractivity contribution is 7.89. The van der Waals surface area contributed by atoms with Crippen LogP contribution >= 0.6 is 0 Å². The molecule has 2 amide bonds. The quantitative estimate of drug-likeness (QED) is 0.707. The number of rotatable bonds is 7. The van der Waals surface area contributed by atoms with Crippen LogP contribution in [0.5, 0.6) is 0 Å². The van der Waals surface area contributed by atoms with Crippen LogP contribution in [0, 0.1) is 0 Å². The second-order valence-electron chi connectivity index (χ2n) is 6.10. The molecule has 0 radical (unpaired) electrons. The third kappa shape index (κ3) is 5.26. The number of ether oxygens (including phenoxy) is 1. The Morgan fingerprint density at radius 2 is 1.81 bits per heavy atom. The number of carbonyl (C=O) groups is 2. The molecule has 1 atom stereocenters. The maximum absolute atomic E-state index is 12.5. The SMILES string of the molecule is CCC(C)NC(=O)CNC(=O)c1ccc(S(=O)(=O)N2CCOCC2)cc1. The molecule has 1 aromatic carbocycles. The summed E-state index contributed by atoms with van der Waals surface area (Å²) in [7, 11) is -3.59. The molecule has 0 aromatic heterocycles. The second-order valence-corrected chi connectivity index (χ2v) is 8.04. The molecule has 1 unspecified atom stereocenters. The van der Waals surface area contributed by atoms with Crippen molar-refractivity contribution < 1.29 is 22.7 Å². The van der Waals surface area contributed by atoms with Gasteiger partial charge in [0.2, 0.25) is 15.9 Å². The number of carbonyl (C=O) groups excluding carboxylic acids is 2. The van der Waals surface area contributed by atoms with Crippen LogP contribution in [-0.2, 0) is 19.6 Å². The van der Waals surface area contributed by atoms with Gasteiger partial charge >= 0.3 is 0 Å². The highest BCUT2D eigenvalue weighted by Crippen LogP contribution is 2.17. The zero-order valence-electron chi connectivity index (χ0n) is 15.0. The summed E-state index contributed by atoms with van der Waals surface area (Å²) in [5, 5.41) is 5.28. The summed E-state index contributed by atoms with van der Waals surface area (Å²) in [6, 6.07) is 5.73. The van der Waals surface area contributed by atoms with Gasteiger partial charge in [0.25, 0.3) is 5.91 Å². The van der Waals surface area contributed by atoms with Gasteiger partial charge in [0, 0.05) is 24.7 Å². The Kier molecular flexibility index (Phi) is 7.13. The fourth-order valence-corrected chi connectivity index (χ4v) is 3.81. The number of hydrogen-bond acceptors (Lipinski definition) is 5. The van der Waals surface area contributed by atoms with Crippen molar-refractivity contribution in [1.82, 2.24) is 14.9 Å². The van der Waals surface area contributed by atoms with E-state index >= 15 is 0 Å². The first-order valence-electron chi connectivity index (χ1n) is 8.60. The Bertz CT molecular complexity index is 727. The molecule has 1 aliphatic heterocycles. The Hall–Kier alpha value is -1.97. The molecule has 0 saturated carbocycles. The molecular formula is C17H25N3O5S. The number of hydrogen-bond donors (Lipinski definition) is 2. The van der Waals surface area contributed by atoms with E-state index in [4.69, 9.17) is 4.74 Å². The Balaban J connectivity index is 1.96. The lowest BCUT2D eigenvalue weighted by atomic mass is 10.2. The topological polar surface area (TPSA) is 105 Å². The van der Waals surface area contributed by atoms with Gasteiger partial charge in [0.1, 0.15) is 0 Å². The van der Waals surface area contributed by atoms with E-state index < -0.39 is 15.9 Å². The van der Waals surface area contributed by atoms with E-state index in [-0.39, 0.29) is 23.4 Å². The Morgan fingerprint density at radius 1 is 1.19 bits per heavy atom. The van der Waals surface area contributed by atoms with Gasteiger partial charge in [0.15, 0.2) is 0 Å². The number of sulfonamides is 1. The van der Waals surface area contributed by atoms with Gasteiger partial charge in [-0.25, -0.2) is 8.42 Å². The fraction of sp³-hybridized carbons (Fsp3) is 0.529. The molecule has 1 aliphatic rings. The van der Waals surface area contributed by atoms with E-state index in [2.05, 4.69) is 10.6 Å². The average Bonchev–Trinajstić information content (AvgIpc) is 2.66. The molecule has 1 heterocycles. The maximum Gasteiger partial charge on any atom is 0.251 e. The third-order valence-electron chi connectivity index (χ3n) is 4.15. The van der Waals surface area contributed by atoms with Crippen molar-refractivity contribution in [2.75, 3.05) is 32.8 Å². The van der Waals surface area contributed by atoms with Crippen molar-refractivity contribution in [1.29, 1.82) is 0 Å². The highest BCUT2D eigenvalue weighted by atomic mass is 32.2. The number of nitrogens with zero attached hydrogens (tertiary/aromatic N) is 1. The summed E-state index contributed by atoms with van der Waals surface area (Å²) >= 11 is 0. The molecule has 1 fully saturated rings. The highest BCUT2D eigenvalue weighted by Gasteiger charge is 2.26. The zero-order chi connectivity index (χ0) is 19.2. The van der Waals surface area contributed by atoms with Crippen LogP contribution in [0.2, 0.25) is 0 Å². The number of nitrogens with one attached hydrogen (secondary N) is 2. The summed E-state index contributed by atoms with van der Waals surface area (Å²) in [5.41, 5.74) is 0.294. The predicted octanol–water partition coefficient (Wildman–Crippen LogP) is 0.352. The van der Waals surface area contributed by atoms with Crippen molar-refractivity contribution >= 4 is 21.8 Å². The first kappa shape index (κ1) is 20.3. The van der Waals surface area contributed by atoms with Crippen molar-refractivity contribution in [3.63, 3.8) is 0 Å². The zero-order valence-corrected chi connectivity index (χ0v) is 15.8. The minimum Gasteiger partial charge on any atom is -0.379 e. The van der Waals surface area contributed by atoms with Crippen molar-refractivity contribution in [3.8, 4) is 0 Å². The lowest BCUT2D eigenvalue weighted by molar-refractivity contribution is -0.120. The lowest BCUT2D eigenvalue weighted by Gasteiger charge is -2.26. The van der Waals surface area contributed by atoms with Crippen LogP contribution in [-0.4, -0.2) is 63.4 Å². The van der Waals surface area contributed by atoms with E-state index in [1.54, 1.807) is 0 Å². The fourth-order valence-electron chi connectivity index (χ4n) is 2.40. The van der Waals surface area contributed by atoms with Crippen LogP contribution in [0.25, 0.3) is 0 Å². The van der Waals surface area contributed by atoms with Crippen molar-refractivity contribution in [3.05, 3.63) is 29.8 Å². The summed E-state index contributed by atoms with van der Waals surface area (Å²) in [6.07, 6.45) is 0.804. The molecule has 144 valence electrons. The molecule has 1 saturated heterocycles. The monoisotopic (exact) mass is 383 g/mol. The van der Waals surface area contributed by atoms with E-state index in [1.807, 2.05) is 13.8 Å². The largest absolute Gasteiger partial charge is 0.379 e. The van der Waals surface area contributed by atoms with Crippen LogP contribution in [0.4, 0.5) is 0 Å². The number of amides is 2. The van der Waals surface area contributed by atoms with Crippen LogP contribution in [0.1, 0.15) is 30.6 Å². The van der Waals surface area contributed by atoms with Crippen molar-refractivity contribution in [2.24, 2.45) is 0 Å². The van der Waals surface area contributed by atoms with E-state index in [0.717, 1.165) is 6.42 Å². The molecule has 0 bridgehead atoms. The molecule has 0 aliphatic carbocycles. The van der Waals surface area contributed by atoms with Gasteiger partial charge in [-0.2, -0.15) is 4.31 Å². The van der Waals surface area contributed by atoms with Gasteiger partial charge in [-0.3, -0.25) is 9.59 Å². The molecule has 1 aromatic rings. The first-order valence-corrected chi connectivity index (χ1v) is 10.0. The summed E-state index contributed by atoms with van der Waals surface area (Å²) in [4.78, 5) is 23.9. The number of benzene rings is 1. The maximum atomic E-state index is 12.5. The molecule has 9 heteroatoms. The second kappa shape index (κ2) is 9.11. The van der Waals surface area contributed by atoms with Gasteiger partial charge in [-0.05, 0) is 37.6 Å². The minimum absolute atomic E-state index is 0.0454. The molecule has 26 heavy (non-hydrogen) atoms. The van der Waals surface area contributed by atoms with Gasteiger partial charge in [-0.1, -0.05) is 6.92 Å². The molecular weight excluding hydrogens is 358 g/mol. The van der Waals surface area contributed by atoms with Crippen LogP contribution < -0.4 is 10.6 Å². The molecule has 8 nitrogen and oxygen atoms in total. The third-order valence-corrected chi connectivity index (χ3v) is 6.07. The smallest absolute Gasteiger partial charge is 0.251 e. The minimum atomic E-state index is -3.59. The lowest BCUT2D eigenvalue weighted by Crippen LogP contribution is -2.41. The standard InChI is InChI=1S/C17H25N3O5S/c1-3-13(2)19-16(21)12-18-17(22)14-4-6-15(7-5-14)26(23,24)20-8-10-25-11-9-20/h4-7,13H,3,8-12H2,1-2H3,(H,18,22)(H,19,21). The van der Waals surface area contributed by atoms with E-state index in [1.165, 1.54) is 28.6 Å². The van der Waals surface area contributed by atoms with Gasteiger partial charge in [-0.15, -0.1) is 0 Å². The van der Waals surface area contributed by atoms with Gasteiger partial charge < -0.3 is 15.4 Å². The predicted molar refractivity (Wildman–Crippen MR) is 96.2 cm³/mol. The molecule has 2 rings (SSSR count).